The van der Waals surface area contributed by atoms with Crippen LogP contribution in [0.5, 0.6) is 0 Å². The Morgan fingerprint density at radius 1 is 1.29 bits per heavy atom. The minimum Gasteiger partial charge on any atom is -0.341 e. The highest BCUT2D eigenvalue weighted by atomic mass is 35.5. The van der Waals surface area contributed by atoms with Gasteiger partial charge in [0, 0.05) is 25.0 Å². The number of sulfonamides is 1. The average molecular weight is 432 g/mol. The molecule has 6 nitrogen and oxygen atoms in total. The van der Waals surface area contributed by atoms with Crippen molar-refractivity contribution in [3.05, 3.63) is 30.1 Å². The molecule has 3 fully saturated rings. The first-order chi connectivity index (χ1) is 12.9. The first-order valence-corrected chi connectivity index (χ1v) is 11.2. The van der Waals surface area contributed by atoms with E-state index in [0.717, 1.165) is 44.8 Å². The van der Waals surface area contributed by atoms with Gasteiger partial charge in [-0.25, -0.2) is 17.5 Å². The molecule has 156 valence electrons. The van der Waals surface area contributed by atoms with E-state index in [9.17, 15) is 17.6 Å². The zero-order valence-corrected chi connectivity index (χ0v) is 17.3. The van der Waals surface area contributed by atoms with Crippen LogP contribution in [0.25, 0.3) is 0 Å². The predicted octanol–water partition coefficient (Wildman–Crippen LogP) is 1.91. The third kappa shape index (κ3) is 4.35. The maximum atomic E-state index is 13.4. The third-order valence-electron chi connectivity index (χ3n) is 6.25. The fraction of sp³-hybridized carbons (Fsp3) is 0.632. The van der Waals surface area contributed by atoms with Crippen molar-refractivity contribution in [2.45, 2.75) is 43.0 Å². The van der Waals surface area contributed by atoms with Crippen LogP contribution in [0, 0.1) is 17.2 Å². The van der Waals surface area contributed by atoms with Crippen molar-refractivity contribution in [3.8, 4) is 0 Å². The molecule has 1 spiro atoms. The lowest BCUT2D eigenvalue weighted by Gasteiger charge is -2.34. The Morgan fingerprint density at radius 2 is 2.04 bits per heavy atom. The smallest absolute Gasteiger partial charge is 0.240 e. The maximum Gasteiger partial charge on any atom is 0.240 e. The Labute approximate surface area is 171 Å². The first-order valence-electron chi connectivity index (χ1n) is 9.67. The van der Waals surface area contributed by atoms with Crippen molar-refractivity contribution in [2.75, 3.05) is 26.2 Å². The molecule has 2 saturated heterocycles. The minimum atomic E-state index is -3.80. The molecule has 0 aromatic heterocycles. The van der Waals surface area contributed by atoms with E-state index in [0.29, 0.717) is 19.5 Å². The van der Waals surface area contributed by atoms with Gasteiger partial charge in [0.2, 0.25) is 15.9 Å². The van der Waals surface area contributed by atoms with Crippen molar-refractivity contribution in [3.63, 3.8) is 0 Å². The first kappa shape index (κ1) is 21.5. The van der Waals surface area contributed by atoms with Crippen LogP contribution in [0.3, 0.4) is 0 Å². The molecule has 2 aliphatic heterocycles. The van der Waals surface area contributed by atoms with Gasteiger partial charge in [0.15, 0.2) is 0 Å². The van der Waals surface area contributed by atoms with Crippen molar-refractivity contribution in [2.24, 2.45) is 11.3 Å². The van der Waals surface area contributed by atoms with Crippen molar-refractivity contribution in [1.82, 2.24) is 14.9 Å². The number of hydrogen-bond donors (Lipinski definition) is 2. The number of likely N-dealkylation sites (tertiary alicyclic amines) is 1. The summed E-state index contributed by atoms with van der Waals surface area (Å²) < 4.78 is 41.1. The molecule has 2 unspecified atom stereocenters. The molecule has 0 bridgehead atoms. The van der Waals surface area contributed by atoms with E-state index < -0.39 is 15.8 Å². The molecule has 1 aromatic rings. The molecule has 1 aliphatic carbocycles. The van der Waals surface area contributed by atoms with E-state index >= 15 is 0 Å². The van der Waals surface area contributed by atoms with Crippen LogP contribution in [0.4, 0.5) is 4.39 Å². The summed E-state index contributed by atoms with van der Waals surface area (Å²) in [5.74, 6) is -0.316. The Balaban J connectivity index is 0.00000225. The molecule has 3 aliphatic rings. The molecule has 1 aromatic carbocycles. The van der Waals surface area contributed by atoms with Crippen LogP contribution in [0.2, 0.25) is 0 Å². The second-order valence-electron chi connectivity index (χ2n) is 8.07. The number of hydrogen-bond acceptors (Lipinski definition) is 4. The highest BCUT2D eigenvalue weighted by Crippen LogP contribution is 2.59. The van der Waals surface area contributed by atoms with Crippen molar-refractivity contribution >= 4 is 28.3 Å². The van der Waals surface area contributed by atoms with Gasteiger partial charge in [-0.15, -0.1) is 12.4 Å². The fourth-order valence-corrected chi connectivity index (χ4v) is 5.88. The van der Waals surface area contributed by atoms with Gasteiger partial charge in [-0.1, -0.05) is 6.07 Å². The van der Waals surface area contributed by atoms with Crippen LogP contribution < -0.4 is 10.0 Å². The molecular weight excluding hydrogens is 405 g/mol. The molecule has 0 radical (unpaired) electrons. The van der Waals surface area contributed by atoms with E-state index in [1.165, 1.54) is 18.2 Å². The number of piperidine rings is 2. The highest BCUT2D eigenvalue weighted by molar-refractivity contribution is 7.89. The Kier molecular flexibility index (Phi) is 6.34. The average Bonchev–Trinajstić information content (AvgIpc) is 3.34. The number of carbonyl (C=O) groups excluding carboxylic acids is 1. The van der Waals surface area contributed by atoms with Crippen LogP contribution in [0.15, 0.2) is 29.2 Å². The van der Waals surface area contributed by atoms with Crippen LogP contribution in [0.1, 0.15) is 32.1 Å². The molecule has 2 N–H and O–H groups in total. The van der Waals surface area contributed by atoms with Gasteiger partial charge < -0.3 is 10.2 Å². The van der Waals surface area contributed by atoms with Gasteiger partial charge in [-0.2, -0.15) is 0 Å². The second-order valence-corrected chi connectivity index (χ2v) is 9.79. The Morgan fingerprint density at radius 3 is 2.75 bits per heavy atom. The Hall–Kier alpha value is -1.22. The van der Waals surface area contributed by atoms with Gasteiger partial charge >= 0.3 is 0 Å². The normalized spacial score (nSPS) is 26.5. The number of halogens is 2. The van der Waals surface area contributed by atoms with E-state index in [2.05, 4.69) is 10.0 Å². The van der Waals surface area contributed by atoms with Crippen LogP contribution in [-0.4, -0.2) is 51.4 Å². The summed E-state index contributed by atoms with van der Waals surface area (Å²) >= 11 is 0. The predicted molar refractivity (Wildman–Crippen MR) is 106 cm³/mol. The number of rotatable bonds is 4. The minimum absolute atomic E-state index is 0. The van der Waals surface area contributed by atoms with Gasteiger partial charge in [-0.05, 0) is 68.8 Å². The molecule has 2 atom stereocenters. The molecule has 4 rings (SSSR count). The zero-order valence-electron chi connectivity index (χ0n) is 15.7. The summed E-state index contributed by atoms with van der Waals surface area (Å²) in [6.07, 6.45) is 4.50. The van der Waals surface area contributed by atoms with E-state index in [4.69, 9.17) is 0 Å². The number of nitrogens with zero attached hydrogens (tertiary/aromatic N) is 1. The quantitative estimate of drug-likeness (QED) is 0.763. The number of nitrogens with one attached hydrogen (secondary N) is 2. The molecule has 1 amide bonds. The lowest BCUT2D eigenvalue weighted by atomic mass is 9.91. The summed E-state index contributed by atoms with van der Waals surface area (Å²) in [5.41, 5.74) is 0.177. The van der Waals surface area contributed by atoms with Crippen molar-refractivity contribution in [1.29, 1.82) is 0 Å². The molecule has 28 heavy (non-hydrogen) atoms. The summed E-state index contributed by atoms with van der Waals surface area (Å²) in [7, 11) is -3.80. The second kappa shape index (κ2) is 8.26. The molecule has 2 heterocycles. The van der Waals surface area contributed by atoms with E-state index in [-0.39, 0.29) is 40.6 Å². The zero-order chi connectivity index (χ0) is 19.1. The summed E-state index contributed by atoms with van der Waals surface area (Å²) in [5, 5.41) is 3.34. The van der Waals surface area contributed by atoms with Crippen molar-refractivity contribution < 1.29 is 17.6 Å². The van der Waals surface area contributed by atoms with E-state index in [1.54, 1.807) is 0 Å². The highest BCUT2D eigenvalue weighted by Gasteiger charge is 2.58. The molecule has 1 saturated carbocycles. The SMILES string of the molecule is Cl.O=C(C1CC12CCNCC2)N1CCCC(NS(=O)(=O)c2cccc(F)c2)C1. The fourth-order valence-electron chi connectivity index (χ4n) is 4.59. The number of amides is 1. The standard InChI is InChI=1S/C19H26FN3O3S.ClH/c20-14-3-1-5-16(11-14)27(25,26)22-15-4-2-10-23(13-15)18(24)17-12-19(17)6-8-21-9-7-19;/h1,3,5,11,15,17,21-22H,2,4,6-10,12-13H2;1H. The largest absolute Gasteiger partial charge is 0.341 e. The number of benzene rings is 1. The molecular formula is C19H27ClFN3O3S. The van der Waals surface area contributed by atoms with E-state index in [1.807, 2.05) is 4.90 Å². The lowest BCUT2D eigenvalue weighted by molar-refractivity contribution is -0.134. The van der Waals surface area contributed by atoms with Crippen LogP contribution >= 0.6 is 12.4 Å². The monoisotopic (exact) mass is 431 g/mol. The lowest BCUT2D eigenvalue weighted by Crippen LogP contribution is -2.50. The van der Waals surface area contributed by atoms with Crippen LogP contribution in [-0.2, 0) is 14.8 Å². The summed E-state index contributed by atoms with van der Waals surface area (Å²) in [4.78, 5) is 14.7. The molecule has 9 heteroatoms. The third-order valence-corrected chi connectivity index (χ3v) is 7.77. The van der Waals surface area contributed by atoms with Gasteiger partial charge in [-0.3, -0.25) is 4.79 Å². The van der Waals surface area contributed by atoms with Gasteiger partial charge in [0.25, 0.3) is 0 Å². The Bertz CT molecular complexity index is 829. The number of carbonyl (C=O) groups is 1. The maximum absolute atomic E-state index is 13.4. The van der Waals surface area contributed by atoms with Gasteiger partial charge in [0.05, 0.1) is 4.90 Å². The summed E-state index contributed by atoms with van der Waals surface area (Å²) in [6, 6.07) is 4.65. The topological polar surface area (TPSA) is 78.5 Å². The van der Waals surface area contributed by atoms with Gasteiger partial charge in [0.1, 0.15) is 5.82 Å². The summed E-state index contributed by atoms with van der Waals surface area (Å²) in [6.45, 7) is 3.01.